The van der Waals surface area contributed by atoms with E-state index in [1.807, 2.05) is 37.3 Å². The van der Waals surface area contributed by atoms with Crippen molar-refractivity contribution in [3.05, 3.63) is 35.9 Å². The normalized spacial score (nSPS) is 20.4. The Hall–Kier alpha value is -1.14. The number of nitrogens with two attached hydrogens (primary N) is 1. The number of nitrogens with zero attached hydrogens (tertiary/aromatic N) is 1. The van der Waals surface area contributed by atoms with Crippen molar-refractivity contribution in [3.63, 3.8) is 0 Å². The van der Waals surface area contributed by atoms with Gasteiger partial charge in [-0.25, -0.2) is 0 Å². The fourth-order valence-corrected chi connectivity index (χ4v) is 2.38. The van der Waals surface area contributed by atoms with Crippen LogP contribution in [0.5, 0.6) is 0 Å². The first-order valence-corrected chi connectivity index (χ1v) is 7.07. The first kappa shape index (κ1) is 17.9. The molecule has 1 saturated heterocycles. The van der Waals surface area contributed by atoms with Crippen molar-refractivity contribution in [2.75, 3.05) is 32.8 Å². The summed E-state index contributed by atoms with van der Waals surface area (Å²) < 4.78 is 5.49. The van der Waals surface area contributed by atoms with Crippen LogP contribution in [-0.4, -0.2) is 49.7 Å². The molecule has 1 fully saturated rings. The van der Waals surface area contributed by atoms with Gasteiger partial charge in [-0.15, -0.1) is 12.4 Å². The number of morpholine rings is 1. The van der Waals surface area contributed by atoms with E-state index in [0.29, 0.717) is 19.7 Å². The van der Waals surface area contributed by atoms with E-state index < -0.39 is 0 Å². The van der Waals surface area contributed by atoms with E-state index in [-0.39, 0.29) is 30.5 Å². The molecule has 1 amide bonds. The Bertz CT molecular complexity index is 430. The summed E-state index contributed by atoms with van der Waals surface area (Å²) in [6, 6.07) is 9.99. The van der Waals surface area contributed by atoms with E-state index in [0.717, 1.165) is 18.7 Å². The summed E-state index contributed by atoms with van der Waals surface area (Å²) in [6.45, 7) is 5.04. The molecule has 6 heteroatoms. The van der Waals surface area contributed by atoms with Gasteiger partial charge in [0.05, 0.1) is 25.3 Å². The number of carbonyl (C=O) groups is 1. The smallest absolute Gasteiger partial charge is 0.234 e. The Balaban J connectivity index is 0.00000220. The van der Waals surface area contributed by atoms with Crippen LogP contribution in [0, 0.1) is 0 Å². The second kappa shape index (κ2) is 9.00. The Morgan fingerprint density at radius 3 is 2.86 bits per heavy atom. The lowest BCUT2D eigenvalue weighted by Crippen LogP contribution is -2.49. The second-order valence-corrected chi connectivity index (χ2v) is 5.16. The molecule has 1 aromatic carbocycles. The highest BCUT2D eigenvalue weighted by Crippen LogP contribution is 2.11. The zero-order valence-corrected chi connectivity index (χ0v) is 13.1. The topological polar surface area (TPSA) is 67.6 Å². The van der Waals surface area contributed by atoms with Crippen LogP contribution in [0.25, 0.3) is 0 Å². The van der Waals surface area contributed by atoms with Gasteiger partial charge in [-0.1, -0.05) is 30.3 Å². The second-order valence-electron chi connectivity index (χ2n) is 5.16. The number of amides is 1. The standard InChI is InChI=1S/C15H23N3O2.ClH/c1-12(13-5-3-2-4-6-13)17-15(19)11-18-7-8-20-14(9-16)10-18;/h2-6,12,14H,7-11,16H2,1H3,(H,17,19);1H. The van der Waals surface area contributed by atoms with Gasteiger partial charge < -0.3 is 15.8 Å². The van der Waals surface area contributed by atoms with Gasteiger partial charge >= 0.3 is 0 Å². The minimum Gasteiger partial charge on any atom is -0.374 e. The Labute approximate surface area is 132 Å². The van der Waals surface area contributed by atoms with Gasteiger partial charge in [0, 0.05) is 19.6 Å². The van der Waals surface area contributed by atoms with Crippen LogP contribution in [0.2, 0.25) is 0 Å². The number of benzene rings is 1. The van der Waals surface area contributed by atoms with E-state index in [1.165, 1.54) is 0 Å². The summed E-state index contributed by atoms with van der Waals surface area (Å²) >= 11 is 0. The van der Waals surface area contributed by atoms with Gasteiger partial charge in [0.25, 0.3) is 0 Å². The largest absolute Gasteiger partial charge is 0.374 e. The molecular formula is C15H24ClN3O2. The lowest BCUT2D eigenvalue weighted by atomic mass is 10.1. The fourth-order valence-electron chi connectivity index (χ4n) is 2.38. The van der Waals surface area contributed by atoms with Crippen molar-refractivity contribution in [1.82, 2.24) is 10.2 Å². The van der Waals surface area contributed by atoms with E-state index in [1.54, 1.807) is 0 Å². The van der Waals surface area contributed by atoms with Crippen LogP contribution in [0.15, 0.2) is 30.3 Å². The molecule has 118 valence electrons. The molecule has 1 aliphatic rings. The molecule has 21 heavy (non-hydrogen) atoms. The summed E-state index contributed by atoms with van der Waals surface area (Å²) in [5, 5.41) is 3.02. The third-order valence-electron chi connectivity index (χ3n) is 3.53. The summed E-state index contributed by atoms with van der Waals surface area (Å²) in [5.74, 6) is 0.0408. The average molecular weight is 314 g/mol. The van der Waals surface area contributed by atoms with E-state index >= 15 is 0 Å². The molecule has 1 aliphatic heterocycles. The van der Waals surface area contributed by atoms with E-state index in [9.17, 15) is 4.79 Å². The van der Waals surface area contributed by atoms with Crippen LogP contribution < -0.4 is 11.1 Å². The van der Waals surface area contributed by atoms with Crippen LogP contribution >= 0.6 is 12.4 Å². The summed E-state index contributed by atoms with van der Waals surface area (Å²) in [5.41, 5.74) is 6.71. The zero-order chi connectivity index (χ0) is 14.4. The average Bonchev–Trinajstić information content (AvgIpc) is 2.48. The Kier molecular flexibility index (Phi) is 7.67. The minimum absolute atomic E-state index is 0. The predicted octanol–water partition coefficient (Wildman–Crippen LogP) is 0.945. The first-order chi connectivity index (χ1) is 9.69. The Morgan fingerprint density at radius 2 is 2.19 bits per heavy atom. The maximum Gasteiger partial charge on any atom is 0.234 e. The van der Waals surface area contributed by atoms with Gasteiger partial charge in [-0.05, 0) is 12.5 Å². The number of halogens is 1. The number of ether oxygens (including phenoxy) is 1. The molecule has 0 aromatic heterocycles. The number of hydrogen-bond acceptors (Lipinski definition) is 4. The molecule has 0 radical (unpaired) electrons. The van der Waals surface area contributed by atoms with Gasteiger partial charge in [0.1, 0.15) is 0 Å². The molecule has 2 atom stereocenters. The van der Waals surface area contributed by atoms with Gasteiger partial charge in [-0.2, -0.15) is 0 Å². The van der Waals surface area contributed by atoms with Gasteiger partial charge in [0.2, 0.25) is 5.91 Å². The summed E-state index contributed by atoms with van der Waals surface area (Å²) in [7, 11) is 0. The van der Waals surface area contributed by atoms with Crippen LogP contribution in [0.3, 0.4) is 0 Å². The number of carbonyl (C=O) groups excluding carboxylic acids is 1. The highest BCUT2D eigenvalue weighted by Gasteiger charge is 2.21. The van der Waals surface area contributed by atoms with Crippen molar-refractivity contribution in [3.8, 4) is 0 Å². The van der Waals surface area contributed by atoms with Crippen LogP contribution in [0.4, 0.5) is 0 Å². The maximum atomic E-state index is 12.1. The van der Waals surface area contributed by atoms with E-state index in [2.05, 4.69) is 10.2 Å². The van der Waals surface area contributed by atoms with E-state index in [4.69, 9.17) is 10.5 Å². The number of hydrogen-bond donors (Lipinski definition) is 2. The van der Waals surface area contributed by atoms with Crippen molar-refractivity contribution in [1.29, 1.82) is 0 Å². The van der Waals surface area contributed by atoms with Crippen molar-refractivity contribution < 1.29 is 9.53 Å². The molecule has 0 aliphatic carbocycles. The molecule has 0 spiro atoms. The van der Waals surface area contributed by atoms with Gasteiger partial charge in [0.15, 0.2) is 0 Å². The van der Waals surface area contributed by atoms with Gasteiger partial charge in [-0.3, -0.25) is 9.69 Å². The van der Waals surface area contributed by atoms with Crippen molar-refractivity contribution >= 4 is 18.3 Å². The quantitative estimate of drug-likeness (QED) is 0.849. The zero-order valence-electron chi connectivity index (χ0n) is 12.3. The predicted molar refractivity (Wildman–Crippen MR) is 85.5 cm³/mol. The third-order valence-corrected chi connectivity index (χ3v) is 3.53. The number of nitrogens with one attached hydrogen (secondary N) is 1. The molecule has 1 heterocycles. The molecule has 1 aromatic rings. The maximum absolute atomic E-state index is 12.1. The Morgan fingerprint density at radius 1 is 1.48 bits per heavy atom. The SMILES string of the molecule is CC(NC(=O)CN1CCOC(CN)C1)c1ccccc1.Cl. The monoisotopic (exact) mass is 313 g/mol. The van der Waals surface area contributed by atoms with Crippen LogP contribution in [-0.2, 0) is 9.53 Å². The molecular weight excluding hydrogens is 290 g/mol. The fraction of sp³-hybridized carbons (Fsp3) is 0.533. The third kappa shape index (κ3) is 5.63. The first-order valence-electron chi connectivity index (χ1n) is 7.07. The van der Waals surface area contributed by atoms with Crippen molar-refractivity contribution in [2.24, 2.45) is 5.73 Å². The molecule has 5 nitrogen and oxygen atoms in total. The number of rotatable bonds is 5. The lowest BCUT2D eigenvalue weighted by Gasteiger charge is -2.32. The minimum atomic E-state index is 0. The molecule has 2 rings (SSSR count). The molecule has 0 bridgehead atoms. The lowest BCUT2D eigenvalue weighted by molar-refractivity contribution is -0.124. The summed E-state index contributed by atoms with van der Waals surface area (Å²) in [6.07, 6.45) is 0.0445. The summed E-state index contributed by atoms with van der Waals surface area (Å²) in [4.78, 5) is 14.2. The highest BCUT2D eigenvalue weighted by atomic mass is 35.5. The molecule has 3 N–H and O–H groups in total. The molecule has 0 saturated carbocycles. The highest BCUT2D eigenvalue weighted by molar-refractivity contribution is 5.85. The van der Waals surface area contributed by atoms with Crippen molar-refractivity contribution in [2.45, 2.75) is 19.1 Å². The molecule has 2 unspecified atom stereocenters. The van der Waals surface area contributed by atoms with Crippen LogP contribution in [0.1, 0.15) is 18.5 Å².